The first-order valence-corrected chi connectivity index (χ1v) is 6.57. The van der Waals surface area contributed by atoms with E-state index in [-0.39, 0.29) is 12.8 Å². The van der Waals surface area contributed by atoms with Gasteiger partial charge >= 0.3 is 0 Å². The van der Waals surface area contributed by atoms with Gasteiger partial charge in [0.15, 0.2) is 11.5 Å². The average molecular weight is 277 g/mol. The molecule has 106 valence electrons. The Kier molecular flexibility index (Phi) is 2.55. The topological polar surface area (TPSA) is 91.2 Å². The van der Waals surface area contributed by atoms with E-state index in [1.807, 2.05) is 12.1 Å². The lowest BCUT2D eigenvalue weighted by Crippen LogP contribution is -2.55. The van der Waals surface area contributed by atoms with Gasteiger partial charge in [0.05, 0.1) is 6.04 Å². The molecule has 1 aliphatic carbocycles. The van der Waals surface area contributed by atoms with Crippen LogP contribution in [0.4, 0.5) is 0 Å². The second-order valence-corrected chi connectivity index (χ2v) is 5.31. The maximum Gasteiger partial charge on any atom is 0.231 e. The zero-order valence-electron chi connectivity index (χ0n) is 10.6. The minimum absolute atomic E-state index is 0.206. The Morgan fingerprint density at radius 2 is 1.80 bits per heavy atom. The highest BCUT2D eigenvalue weighted by Crippen LogP contribution is 2.41. The van der Waals surface area contributed by atoms with Crippen LogP contribution in [0.5, 0.6) is 11.5 Å². The number of aliphatic hydroxyl groups excluding tert-OH is 3. The maximum atomic E-state index is 10.1. The fourth-order valence-electron chi connectivity index (χ4n) is 3.08. The molecular formula is C14H15NO5. The fraction of sp³-hybridized carbons (Fsp3) is 0.429. The lowest BCUT2D eigenvalue weighted by atomic mass is 9.80. The van der Waals surface area contributed by atoms with Crippen LogP contribution in [0.1, 0.15) is 11.1 Å². The zero-order chi connectivity index (χ0) is 13.9. The molecule has 6 heteroatoms. The normalized spacial score (nSPS) is 34.2. The molecule has 0 fully saturated rings. The van der Waals surface area contributed by atoms with Gasteiger partial charge in [0.1, 0.15) is 18.3 Å². The quantitative estimate of drug-likeness (QED) is 0.504. The smallest absolute Gasteiger partial charge is 0.231 e. The summed E-state index contributed by atoms with van der Waals surface area (Å²) in [7, 11) is 0. The van der Waals surface area contributed by atoms with Crippen molar-refractivity contribution in [2.75, 3.05) is 6.79 Å². The summed E-state index contributed by atoms with van der Waals surface area (Å²) < 4.78 is 10.7. The Labute approximate surface area is 115 Å². The lowest BCUT2D eigenvalue weighted by molar-refractivity contribution is -0.0548. The van der Waals surface area contributed by atoms with E-state index in [2.05, 4.69) is 5.32 Å². The molecule has 0 radical (unpaired) electrons. The largest absolute Gasteiger partial charge is 0.454 e. The Morgan fingerprint density at radius 3 is 2.60 bits per heavy atom. The van der Waals surface area contributed by atoms with Crippen molar-refractivity contribution in [3.05, 3.63) is 29.3 Å². The predicted octanol–water partition coefficient (Wildman–Crippen LogP) is -0.633. The van der Waals surface area contributed by atoms with Crippen LogP contribution in [0.15, 0.2) is 18.2 Å². The standard InChI is InChI=1S/C14H15NO5/c16-9-2-8-7-3-11-10(19-5-20-11)1-6(7)4-15-12(8)14(18)13(9)17/h1-3,9,12-18H,4-5H2/t9-,12+,13+,14-/m0/s1. The molecule has 2 aliphatic heterocycles. The van der Waals surface area contributed by atoms with Crippen molar-refractivity contribution in [2.45, 2.75) is 30.9 Å². The van der Waals surface area contributed by atoms with Crippen molar-refractivity contribution in [3.63, 3.8) is 0 Å². The van der Waals surface area contributed by atoms with Crippen molar-refractivity contribution in [2.24, 2.45) is 0 Å². The summed E-state index contributed by atoms with van der Waals surface area (Å²) >= 11 is 0. The minimum Gasteiger partial charge on any atom is -0.454 e. The van der Waals surface area contributed by atoms with Gasteiger partial charge in [0.2, 0.25) is 6.79 Å². The third kappa shape index (κ3) is 1.59. The van der Waals surface area contributed by atoms with Gasteiger partial charge in [-0.15, -0.1) is 0 Å². The summed E-state index contributed by atoms with van der Waals surface area (Å²) in [5, 5.41) is 32.9. The average Bonchev–Trinajstić information content (AvgIpc) is 2.90. The van der Waals surface area contributed by atoms with E-state index in [0.717, 1.165) is 16.7 Å². The first-order chi connectivity index (χ1) is 9.65. The van der Waals surface area contributed by atoms with Crippen molar-refractivity contribution < 1.29 is 24.8 Å². The summed E-state index contributed by atoms with van der Waals surface area (Å²) in [5.41, 5.74) is 2.73. The molecule has 3 aliphatic rings. The molecule has 0 bridgehead atoms. The van der Waals surface area contributed by atoms with Crippen LogP contribution < -0.4 is 14.8 Å². The van der Waals surface area contributed by atoms with Crippen LogP contribution in [0.2, 0.25) is 0 Å². The number of hydrogen-bond acceptors (Lipinski definition) is 6. The molecule has 4 rings (SSSR count). The molecule has 4 atom stereocenters. The van der Waals surface area contributed by atoms with Crippen molar-refractivity contribution in [3.8, 4) is 11.5 Å². The molecule has 20 heavy (non-hydrogen) atoms. The van der Waals surface area contributed by atoms with Gasteiger partial charge in [-0.05, 0) is 34.9 Å². The highest BCUT2D eigenvalue weighted by Gasteiger charge is 2.40. The van der Waals surface area contributed by atoms with E-state index in [0.29, 0.717) is 18.0 Å². The Hall–Kier alpha value is -1.60. The summed E-state index contributed by atoms with van der Waals surface area (Å²) in [6.45, 7) is 0.770. The molecule has 0 unspecified atom stereocenters. The molecule has 1 aromatic carbocycles. The third-order valence-electron chi connectivity index (χ3n) is 4.15. The van der Waals surface area contributed by atoms with E-state index in [9.17, 15) is 15.3 Å². The van der Waals surface area contributed by atoms with E-state index in [1.54, 1.807) is 6.08 Å². The van der Waals surface area contributed by atoms with Gasteiger partial charge in [-0.1, -0.05) is 0 Å². The first-order valence-electron chi connectivity index (χ1n) is 6.57. The highest BCUT2D eigenvalue weighted by atomic mass is 16.7. The molecule has 4 N–H and O–H groups in total. The number of fused-ring (bicyclic) bond motifs is 4. The van der Waals surface area contributed by atoms with Crippen LogP contribution in [0, 0.1) is 0 Å². The summed E-state index contributed by atoms with van der Waals surface area (Å²) in [5.74, 6) is 1.38. The molecule has 0 saturated heterocycles. The van der Waals surface area contributed by atoms with Crippen LogP contribution in [-0.4, -0.2) is 46.5 Å². The number of ether oxygens (including phenoxy) is 2. The minimum atomic E-state index is -1.17. The van der Waals surface area contributed by atoms with Gasteiger partial charge in [-0.25, -0.2) is 0 Å². The van der Waals surface area contributed by atoms with Gasteiger partial charge in [-0.3, -0.25) is 0 Å². The number of aliphatic hydroxyl groups is 3. The molecule has 6 nitrogen and oxygen atoms in total. The van der Waals surface area contributed by atoms with E-state index in [4.69, 9.17) is 9.47 Å². The molecule has 2 heterocycles. The van der Waals surface area contributed by atoms with Gasteiger partial charge in [-0.2, -0.15) is 0 Å². The summed E-state index contributed by atoms with van der Waals surface area (Å²) in [6, 6.07) is 3.39. The Balaban J connectivity index is 1.84. The molecule has 0 saturated carbocycles. The van der Waals surface area contributed by atoms with Crippen LogP contribution in [0.25, 0.3) is 5.57 Å². The van der Waals surface area contributed by atoms with Crippen molar-refractivity contribution >= 4 is 5.57 Å². The predicted molar refractivity (Wildman–Crippen MR) is 69.2 cm³/mol. The molecule has 1 aromatic rings. The Bertz CT molecular complexity index is 599. The van der Waals surface area contributed by atoms with Crippen molar-refractivity contribution in [1.82, 2.24) is 5.32 Å². The molecule has 0 amide bonds. The van der Waals surface area contributed by atoms with Crippen molar-refractivity contribution in [1.29, 1.82) is 0 Å². The maximum absolute atomic E-state index is 10.1. The Morgan fingerprint density at radius 1 is 1.05 bits per heavy atom. The fourth-order valence-corrected chi connectivity index (χ4v) is 3.08. The zero-order valence-corrected chi connectivity index (χ0v) is 10.6. The van der Waals surface area contributed by atoms with Gasteiger partial charge in [0.25, 0.3) is 0 Å². The van der Waals surface area contributed by atoms with Crippen LogP contribution in [-0.2, 0) is 6.54 Å². The van der Waals surface area contributed by atoms with Gasteiger partial charge in [0, 0.05) is 6.54 Å². The SMILES string of the molecule is O[C@@H]1[C@H](O)[C@@H](O)C=C2c3cc4c(cc3CN[C@H]21)OCO4. The molecule has 0 spiro atoms. The van der Waals surface area contributed by atoms with E-state index >= 15 is 0 Å². The summed E-state index contributed by atoms with van der Waals surface area (Å²) in [4.78, 5) is 0. The van der Waals surface area contributed by atoms with Crippen LogP contribution >= 0.6 is 0 Å². The first kappa shape index (κ1) is 12.2. The summed E-state index contributed by atoms with van der Waals surface area (Å²) in [6.07, 6.45) is -1.69. The highest BCUT2D eigenvalue weighted by molar-refractivity contribution is 5.77. The lowest BCUT2D eigenvalue weighted by Gasteiger charge is -2.39. The van der Waals surface area contributed by atoms with E-state index < -0.39 is 18.3 Å². The number of benzene rings is 1. The third-order valence-corrected chi connectivity index (χ3v) is 4.15. The molecular weight excluding hydrogens is 262 g/mol. The second-order valence-electron chi connectivity index (χ2n) is 5.31. The second kappa shape index (κ2) is 4.20. The number of rotatable bonds is 0. The number of hydrogen-bond donors (Lipinski definition) is 4. The van der Waals surface area contributed by atoms with Crippen LogP contribution in [0.3, 0.4) is 0 Å². The number of nitrogens with one attached hydrogen (secondary N) is 1. The van der Waals surface area contributed by atoms with Gasteiger partial charge < -0.3 is 30.1 Å². The monoisotopic (exact) mass is 277 g/mol. The molecule has 0 aromatic heterocycles. The van der Waals surface area contributed by atoms with E-state index in [1.165, 1.54) is 0 Å².